The summed E-state index contributed by atoms with van der Waals surface area (Å²) in [5.41, 5.74) is 0.442. The van der Waals surface area contributed by atoms with Gasteiger partial charge in [0, 0.05) is 5.69 Å². The number of ether oxygens (including phenoxy) is 1. The third-order valence-corrected chi connectivity index (χ3v) is 1.83. The zero-order valence-electron chi connectivity index (χ0n) is 8.98. The molecular formula is C9H9N3O5S. The molecule has 0 saturated carbocycles. The number of anilines is 1. The molecule has 0 unspecified atom stereocenters. The number of carbonyl (C=O) groups excluding carboxylic acids is 1. The Morgan fingerprint density at radius 2 is 2.22 bits per heavy atom. The summed E-state index contributed by atoms with van der Waals surface area (Å²) in [5.74, 6) is 0. The number of benzene rings is 1. The summed E-state index contributed by atoms with van der Waals surface area (Å²) in [4.78, 5) is 11.0. The third kappa shape index (κ3) is 5.18. The number of rotatable bonds is 4. The molecule has 0 bridgehead atoms. The van der Waals surface area contributed by atoms with Crippen molar-refractivity contribution in [2.75, 3.05) is 5.32 Å². The van der Waals surface area contributed by atoms with E-state index in [1.807, 2.05) is 0 Å². The van der Waals surface area contributed by atoms with E-state index in [0.29, 0.717) is 5.69 Å². The normalized spacial score (nSPS) is 11.2. The van der Waals surface area contributed by atoms with Crippen molar-refractivity contribution in [2.45, 2.75) is 0 Å². The van der Waals surface area contributed by atoms with Crippen LogP contribution >= 0.6 is 0 Å². The molecule has 0 atom stereocenters. The molecule has 1 aromatic rings. The molecule has 0 spiro atoms. The van der Waals surface area contributed by atoms with Crippen molar-refractivity contribution in [3.05, 3.63) is 37.1 Å². The fourth-order valence-electron chi connectivity index (χ4n) is 0.968. The fourth-order valence-corrected chi connectivity index (χ4v) is 1.17. The monoisotopic (exact) mass is 271 g/mol. The standard InChI is InChI=1S/C9H9N3O5S/c1-2-17-9(13)10-7-4-3-5-8(6-7)11-12-18(14,15)16/h2-6H,1H2,(H,10,13)(H,14,15,16). The number of carbonyl (C=O) groups is 1. The van der Waals surface area contributed by atoms with Crippen LogP contribution in [-0.4, -0.2) is 19.1 Å². The zero-order chi connectivity index (χ0) is 13.6. The molecule has 9 heteroatoms. The first-order valence-corrected chi connectivity index (χ1v) is 5.89. The maximum atomic E-state index is 11.0. The maximum Gasteiger partial charge on any atom is 0.416 e. The highest BCUT2D eigenvalue weighted by Crippen LogP contribution is 2.18. The molecule has 0 aromatic heterocycles. The van der Waals surface area contributed by atoms with Gasteiger partial charge in [-0.3, -0.25) is 9.87 Å². The Morgan fingerprint density at radius 1 is 1.50 bits per heavy atom. The van der Waals surface area contributed by atoms with E-state index in [1.165, 1.54) is 24.3 Å². The highest BCUT2D eigenvalue weighted by atomic mass is 32.2. The number of hydrogen-bond acceptors (Lipinski definition) is 5. The molecule has 0 heterocycles. The molecule has 0 saturated heterocycles. The largest absolute Gasteiger partial charge is 0.419 e. The SMILES string of the molecule is C=COC(=O)Nc1cccc(N=NS(=O)(=O)O)c1. The Morgan fingerprint density at radius 3 is 2.83 bits per heavy atom. The van der Waals surface area contributed by atoms with Crippen LogP contribution in [0.15, 0.2) is 46.7 Å². The molecule has 1 aromatic carbocycles. The van der Waals surface area contributed by atoms with Gasteiger partial charge in [-0.1, -0.05) is 12.6 Å². The summed E-state index contributed by atoms with van der Waals surface area (Å²) >= 11 is 0. The Bertz CT molecular complexity index is 582. The predicted molar refractivity (Wildman–Crippen MR) is 62.8 cm³/mol. The van der Waals surface area contributed by atoms with Crippen molar-refractivity contribution in [1.29, 1.82) is 0 Å². The molecule has 1 amide bonds. The summed E-state index contributed by atoms with van der Waals surface area (Å²) in [5, 5.41) is 5.60. The number of hydrogen-bond donors (Lipinski definition) is 2. The second kappa shape index (κ2) is 5.89. The van der Waals surface area contributed by atoms with E-state index >= 15 is 0 Å². The highest BCUT2D eigenvalue weighted by Gasteiger charge is 2.03. The summed E-state index contributed by atoms with van der Waals surface area (Å²) in [7, 11) is -4.53. The van der Waals surface area contributed by atoms with E-state index in [9.17, 15) is 13.2 Å². The van der Waals surface area contributed by atoms with Gasteiger partial charge in [0.2, 0.25) is 0 Å². The minimum Gasteiger partial charge on any atom is -0.419 e. The molecule has 0 aliphatic heterocycles. The first kappa shape index (κ1) is 13.8. The summed E-state index contributed by atoms with van der Waals surface area (Å²) in [6.07, 6.45) is 0.200. The van der Waals surface area contributed by atoms with Gasteiger partial charge in [-0.25, -0.2) is 4.79 Å². The summed E-state index contributed by atoms with van der Waals surface area (Å²) in [6, 6.07) is 5.79. The fraction of sp³-hybridized carbons (Fsp3) is 0. The van der Waals surface area contributed by atoms with E-state index < -0.39 is 16.4 Å². The van der Waals surface area contributed by atoms with Gasteiger partial charge in [0.05, 0.1) is 11.9 Å². The second-order valence-corrected chi connectivity index (χ2v) is 3.94. The quantitative estimate of drug-likeness (QED) is 0.494. The van der Waals surface area contributed by atoms with Crippen LogP contribution in [-0.2, 0) is 15.0 Å². The highest BCUT2D eigenvalue weighted by molar-refractivity contribution is 7.84. The average molecular weight is 271 g/mol. The predicted octanol–water partition coefficient (Wildman–Crippen LogP) is 2.27. The molecule has 0 radical (unpaired) electrons. The second-order valence-electron chi connectivity index (χ2n) is 2.88. The van der Waals surface area contributed by atoms with Crippen molar-refractivity contribution in [3.8, 4) is 0 Å². The van der Waals surface area contributed by atoms with E-state index in [-0.39, 0.29) is 5.69 Å². The van der Waals surface area contributed by atoms with E-state index in [4.69, 9.17) is 4.55 Å². The number of amides is 1. The Hall–Kier alpha value is -2.26. The average Bonchev–Trinajstić information content (AvgIpc) is 2.26. The molecule has 0 aliphatic rings. The van der Waals surface area contributed by atoms with Gasteiger partial charge < -0.3 is 4.74 Å². The van der Waals surface area contributed by atoms with Crippen molar-refractivity contribution < 1.29 is 22.5 Å². The van der Waals surface area contributed by atoms with Gasteiger partial charge in [-0.2, -0.15) is 8.42 Å². The van der Waals surface area contributed by atoms with Crippen molar-refractivity contribution in [2.24, 2.45) is 9.63 Å². The van der Waals surface area contributed by atoms with Crippen molar-refractivity contribution in [3.63, 3.8) is 0 Å². The van der Waals surface area contributed by atoms with Crippen LogP contribution in [0, 0.1) is 0 Å². The molecule has 0 aliphatic carbocycles. The van der Waals surface area contributed by atoms with Crippen LogP contribution in [0.1, 0.15) is 0 Å². The van der Waals surface area contributed by atoms with Gasteiger partial charge in [0.15, 0.2) is 0 Å². The van der Waals surface area contributed by atoms with Crippen molar-refractivity contribution in [1.82, 2.24) is 0 Å². The van der Waals surface area contributed by atoms with Gasteiger partial charge in [0.25, 0.3) is 0 Å². The Labute approximate surface area is 103 Å². The lowest BCUT2D eigenvalue weighted by molar-refractivity contribution is 0.201. The smallest absolute Gasteiger partial charge is 0.416 e. The summed E-state index contributed by atoms with van der Waals surface area (Å²) < 4.78 is 36.2. The topological polar surface area (TPSA) is 117 Å². The summed E-state index contributed by atoms with van der Waals surface area (Å²) in [6.45, 7) is 3.21. The van der Waals surface area contributed by atoms with Crippen LogP contribution in [0.2, 0.25) is 0 Å². The lowest BCUT2D eigenvalue weighted by Crippen LogP contribution is -2.09. The Balaban J connectivity index is 2.83. The third-order valence-electron chi connectivity index (χ3n) is 1.54. The molecule has 1 rings (SSSR count). The minimum atomic E-state index is -4.53. The van der Waals surface area contributed by atoms with E-state index in [1.54, 1.807) is 0 Å². The Kier molecular flexibility index (Phi) is 4.52. The first-order valence-electron chi connectivity index (χ1n) is 4.50. The van der Waals surface area contributed by atoms with Gasteiger partial charge in [0.1, 0.15) is 0 Å². The lowest BCUT2D eigenvalue weighted by Gasteiger charge is -2.03. The lowest BCUT2D eigenvalue weighted by atomic mass is 10.3. The first-order chi connectivity index (χ1) is 8.40. The number of nitrogens with one attached hydrogen (secondary N) is 1. The van der Waals surface area contributed by atoms with Crippen LogP contribution in [0.25, 0.3) is 0 Å². The molecule has 2 N–H and O–H groups in total. The van der Waals surface area contributed by atoms with E-state index in [2.05, 4.69) is 26.3 Å². The van der Waals surface area contributed by atoms with Crippen LogP contribution in [0.4, 0.5) is 16.2 Å². The molecular weight excluding hydrogens is 262 g/mol. The minimum absolute atomic E-state index is 0.129. The van der Waals surface area contributed by atoms with Gasteiger partial charge in [-0.05, 0) is 22.7 Å². The number of nitrogens with zero attached hydrogens (tertiary/aromatic N) is 2. The van der Waals surface area contributed by atoms with Crippen molar-refractivity contribution >= 4 is 27.8 Å². The van der Waals surface area contributed by atoms with Gasteiger partial charge in [-0.15, -0.1) is 5.11 Å². The van der Waals surface area contributed by atoms with Crippen LogP contribution in [0.5, 0.6) is 0 Å². The molecule has 96 valence electrons. The molecule has 18 heavy (non-hydrogen) atoms. The molecule has 0 fully saturated rings. The van der Waals surface area contributed by atoms with E-state index in [0.717, 1.165) is 6.26 Å². The maximum absolute atomic E-state index is 11.0. The van der Waals surface area contributed by atoms with Crippen LogP contribution in [0.3, 0.4) is 0 Å². The van der Waals surface area contributed by atoms with Gasteiger partial charge >= 0.3 is 16.4 Å². The zero-order valence-corrected chi connectivity index (χ0v) is 9.79. The molecule has 8 nitrogen and oxygen atoms in total. The van der Waals surface area contributed by atoms with Crippen LogP contribution < -0.4 is 5.32 Å².